The number of nitrogens with zero attached hydrogens (tertiary/aromatic N) is 1. The standard InChI is InChI=1S/C37H45NO3/c1-4-6-8-10-12-28(3)40-34-22-18-30(19-23-34)29-14-16-31(17-15-29)36(39)41-35-24-20-32(21-25-35)37(27-38)26-33(37)13-11-9-7-5-2/h14-25,28,33H,4-13,26H2,1-3H3/t28-,33+,37-/m1/s1. The van der Waals surface area contributed by atoms with Crippen LogP contribution in [0, 0.1) is 17.2 Å². The Balaban J connectivity index is 1.28. The third-order valence-electron chi connectivity index (χ3n) is 8.40. The minimum atomic E-state index is -0.392. The molecule has 4 nitrogen and oxygen atoms in total. The highest BCUT2D eigenvalue weighted by atomic mass is 16.5. The van der Waals surface area contributed by atoms with E-state index < -0.39 is 5.97 Å². The van der Waals surface area contributed by atoms with Crippen molar-refractivity contribution in [3.63, 3.8) is 0 Å². The Morgan fingerprint density at radius 2 is 1.41 bits per heavy atom. The van der Waals surface area contributed by atoms with Crippen molar-refractivity contribution < 1.29 is 14.3 Å². The summed E-state index contributed by atoms with van der Waals surface area (Å²) in [6.07, 6.45) is 13.2. The monoisotopic (exact) mass is 551 g/mol. The lowest BCUT2D eigenvalue weighted by atomic mass is 9.93. The van der Waals surface area contributed by atoms with Crippen LogP contribution in [-0.4, -0.2) is 12.1 Å². The number of rotatable bonds is 16. The molecule has 1 aliphatic carbocycles. The van der Waals surface area contributed by atoms with Gasteiger partial charge in [-0.05, 0) is 91.6 Å². The van der Waals surface area contributed by atoms with Gasteiger partial charge in [0.15, 0.2) is 0 Å². The third-order valence-corrected chi connectivity index (χ3v) is 8.40. The second-order valence-corrected chi connectivity index (χ2v) is 11.6. The Labute approximate surface area is 246 Å². The van der Waals surface area contributed by atoms with Crippen LogP contribution in [0.1, 0.15) is 107 Å². The molecule has 0 aromatic heterocycles. The van der Waals surface area contributed by atoms with Crippen LogP contribution in [0.3, 0.4) is 0 Å². The van der Waals surface area contributed by atoms with Crippen molar-refractivity contribution in [1.82, 2.24) is 0 Å². The fourth-order valence-corrected chi connectivity index (χ4v) is 5.71. The summed E-state index contributed by atoms with van der Waals surface area (Å²) in [6, 6.07) is 25.7. The van der Waals surface area contributed by atoms with Gasteiger partial charge in [0, 0.05) is 0 Å². The quantitative estimate of drug-likeness (QED) is 0.101. The SMILES string of the molecule is CCCCCC[C@H]1C[C@@]1(C#N)c1ccc(OC(=O)c2ccc(-c3ccc(O[C@H](C)CCCCCC)cc3)cc2)cc1. The largest absolute Gasteiger partial charge is 0.491 e. The second kappa shape index (κ2) is 14.9. The second-order valence-electron chi connectivity index (χ2n) is 11.6. The summed E-state index contributed by atoms with van der Waals surface area (Å²) in [7, 11) is 0. The lowest BCUT2D eigenvalue weighted by Crippen LogP contribution is -2.11. The average molecular weight is 552 g/mol. The summed E-state index contributed by atoms with van der Waals surface area (Å²) < 4.78 is 11.7. The molecule has 216 valence electrons. The van der Waals surface area contributed by atoms with Crippen molar-refractivity contribution in [3.05, 3.63) is 83.9 Å². The van der Waals surface area contributed by atoms with Crippen LogP contribution < -0.4 is 9.47 Å². The van der Waals surface area contributed by atoms with Gasteiger partial charge in [-0.2, -0.15) is 5.26 Å². The molecule has 4 rings (SSSR count). The van der Waals surface area contributed by atoms with E-state index in [0.717, 1.165) is 41.7 Å². The average Bonchev–Trinajstić information content (AvgIpc) is 3.73. The topological polar surface area (TPSA) is 59.3 Å². The van der Waals surface area contributed by atoms with Crippen molar-refractivity contribution in [3.8, 4) is 28.7 Å². The van der Waals surface area contributed by atoms with E-state index in [1.807, 2.05) is 48.5 Å². The molecule has 3 aromatic rings. The van der Waals surface area contributed by atoms with Crippen LogP contribution in [0.15, 0.2) is 72.8 Å². The zero-order valence-electron chi connectivity index (χ0n) is 25.0. The highest BCUT2D eigenvalue weighted by Gasteiger charge is 2.55. The van der Waals surface area contributed by atoms with Gasteiger partial charge in [-0.15, -0.1) is 0 Å². The van der Waals surface area contributed by atoms with Crippen molar-refractivity contribution in [2.24, 2.45) is 5.92 Å². The molecular weight excluding hydrogens is 506 g/mol. The number of carbonyl (C=O) groups is 1. The van der Waals surface area contributed by atoms with Crippen molar-refractivity contribution in [2.45, 2.75) is 103 Å². The third kappa shape index (κ3) is 8.23. The highest BCUT2D eigenvalue weighted by Crippen LogP contribution is 2.56. The molecular formula is C37H45NO3. The van der Waals surface area contributed by atoms with Crippen molar-refractivity contribution in [1.29, 1.82) is 5.26 Å². The zero-order valence-corrected chi connectivity index (χ0v) is 25.0. The predicted octanol–water partition coefficient (Wildman–Crippen LogP) is 10.1. The maximum atomic E-state index is 12.8. The van der Waals surface area contributed by atoms with Crippen LogP contribution in [-0.2, 0) is 5.41 Å². The molecule has 0 unspecified atom stereocenters. The fourth-order valence-electron chi connectivity index (χ4n) is 5.71. The fraction of sp³-hybridized carbons (Fsp3) is 0.459. The normalized spacial score (nSPS) is 18.3. The molecule has 3 aromatic carbocycles. The molecule has 0 radical (unpaired) electrons. The molecule has 1 fully saturated rings. The molecule has 0 bridgehead atoms. The van der Waals surface area contributed by atoms with Gasteiger partial charge < -0.3 is 9.47 Å². The molecule has 4 heteroatoms. The Morgan fingerprint density at radius 3 is 2.02 bits per heavy atom. The van der Waals surface area contributed by atoms with E-state index in [0.29, 0.717) is 17.2 Å². The predicted molar refractivity (Wildman–Crippen MR) is 166 cm³/mol. The number of benzene rings is 3. The first-order valence-electron chi connectivity index (χ1n) is 15.6. The van der Waals surface area contributed by atoms with Gasteiger partial charge in [-0.1, -0.05) is 95.2 Å². The summed E-state index contributed by atoms with van der Waals surface area (Å²) in [5.74, 6) is 1.42. The van der Waals surface area contributed by atoms with Crippen LogP contribution in [0.4, 0.5) is 0 Å². The molecule has 0 amide bonds. The minimum Gasteiger partial charge on any atom is -0.491 e. The first kappa shape index (κ1) is 30.4. The molecule has 0 N–H and O–H groups in total. The lowest BCUT2D eigenvalue weighted by Gasteiger charge is -2.15. The lowest BCUT2D eigenvalue weighted by molar-refractivity contribution is 0.0734. The minimum absolute atomic E-state index is 0.206. The zero-order chi connectivity index (χ0) is 29.1. The molecule has 0 saturated heterocycles. The maximum Gasteiger partial charge on any atom is 0.343 e. The van der Waals surface area contributed by atoms with E-state index in [1.165, 1.54) is 51.4 Å². The van der Waals surface area contributed by atoms with E-state index in [4.69, 9.17) is 9.47 Å². The van der Waals surface area contributed by atoms with E-state index in [9.17, 15) is 10.1 Å². The molecule has 3 atom stereocenters. The summed E-state index contributed by atoms with van der Waals surface area (Å²) in [5.41, 5.74) is 3.25. The van der Waals surface area contributed by atoms with E-state index in [2.05, 4.69) is 39.0 Å². The summed E-state index contributed by atoms with van der Waals surface area (Å²) >= 11 is 0. The number of hydrogen-bond acceptors (Lipinski definition) is 4. The van der Waals surface area contributed by atoms with Gasteiger partial charge in [0.05, 0.1) is 23.2 Å². The Bertz CT molecular complexity index is 1270. The summed E-state index contributed by atoms with van der Waals surface area (Å²) in [6.45, 7) is 6.58. The molecule has 1 aliphatic rings. The number of nitriles is 1. The van der Waals surface area contributed by atoms with Gasteiger partial charge in [-0.3, -0.25) is 0 Å². The molecule has 0 heterocycles. The van der Waals surface area contributed by atoms with Crippen LogP contribution in [0.2, 0.25) is 0 Å². The van der Waals surface area contributed by atoms with Gasteiger partial charge in [0.2, 0.25) is 0 Å². The van der Waals surface area contributed by atoms with Gasteiger partial charge >= 0.3 is 5.97 Å². The van der Waals surface area contributed by atoms with Crippen LogP contribution in [0.25, 0.3) is 11.1 Å². The van der Waals surface area contributed by atoms with Crippen molar-refractivity contribution >= 4 is 5.97 Å². The maximum absolute atomic E-state index is 12.8. The molecule has 1 saturated carbocycles. The smallest absolute Gasteiger partial charge is 0.343 e. The van der Waals surface area contributed by atoms with E-state index >= 15 is 0 Å². The molecule has 0 spiro atoms. The van der Waals surface area contributed by atoms with Crippen LogP contribution >= 0.6 is 0 Å². The first-order valence-corrected chi connectivity index (χ1v) is 15.6. The Morgan fingerprint density at radius 1 is 0.829 bits per heavy atom. The molecule has 0 aliphatic heterocycles. The van der Waals surface area contributed by atoms with Gasteiger partial charge in [0.25, 0.3) is 0 Å². The van der Waals surface area contributed by atoms with Crippen LogP contribution in [0.5, 0.6) is 11.5 Å². The highest BCUT2D eigenvalue weighted by molar-refractivity contribution is 5.91. The van der Waals surface area contributed by atoms with Crippen molar-refractivity contribution in [2.75, 3.05) is 0 Å². The number of unbranched alkanes of at least 4 members (excludes halogenated alkanes) is 6. The van der Waals surface area contributed by atoms with E-state index in [1.54, 1.807) is 12.1 Å². The molecule has 41 heavy (non-hydrogen) atoms. The van der Waals surface area contributed by atoms with Gasteiger partial charge in [0.1, 0.15) is 11.5 Å². The Hall–Kier alpha value is -3.58. The summed E-state index contributed by atoms with van der Waals surface area (Å²) in [5, 5.41) is 9.90. The van der Waals surface area contributed by atoms with Gasteiger partial charge in [-0.25, -0.2) is 4.79 Å². The number of carbonyl (C=O) groups excluding carboxylic acids is 1. The number of esters is 1. The number of ether oxygens (including phenoxy) is 2. The first-order chi connectivity index (χ1) is 20.0. The summed E-state index contributed by atoms with van der Waals surface area (Å²) in [4.78, 5) is 12.8. The number of hydrogen-bond donors (Lipinski definition) is 0. The Kier molecular flexibility index (Phi) is 11.0. The van der Waals surface area contributed by atoms with E-state index in [-0.39, 0.29) is 11.5 Å².